The number of rotatable bonds is 5. The Kier molecular flexibility index (Phi) is 5.70. The first kappa shape index (κ1) is 18.5. The van der Waals surface area contributed by atoms with Gasteiger partial charge in [-0.15, -0.1) is 0 Å². The van der Waals surface area contributed by atoms with Crippen LogP contribution in [0.4, 0.5) is 4.39 Å². The zero-order chi connectivity index (χ0) is 17.9. The third-order valence-corrected chi connectivity index (χ3v) is 6.36. The van der Waals surface area contributed by atoms with Crippen LogP contribution < -0.4 is 0 Å². The largest absolute Gasteiger partial charge is 0.264 e. The lowest BCUT2D eigenvalue weighted by atomic mass is 10.1. The predicted molar refractivity (Wildman–Crippen MR) is 91.0 cm³/mol. The lowest BCUT2D eigenvalue weighted by molar-refractivity contribution is 0.354. The Morgan fingerprint density at radius 2 is 2.17 bits per heavy atom. The SMILES string of the molecule is CCN(C(C)c1cccnc1)S(=O)(=O)c1cc(Br)c(C#N)cc1F. The van der Waals surface area contributed by atoms with E-state index in [1.54, 1.807) is 44.4 Å². The van der Waals surface area contributed by atoms with E-state index >= 15 is 0 Å². The number of benzene rings is 1. The molecule has 0 aliphatic carbocycles. The van der Waals surface area contributed by atoms with Gasteiger partial charge in [-0.3, -0.25) is 4.98 Å². The smallest absolute Gasteiger partial charge is 0.246 e. The van der Waals surface area contributed by atoms with Crippen LogP contribution in [0.1, 0.15) is 31.0 Å². The van der Waals surface area contributed by atoms with Crippen LogP contribution in [-0.4, -0.2) is 24.3 Å². The Morgan fingerprint density at radius 3 is 2.71 bits per heavy atom. The number of aromatic nitrogens is 1. The molecule has 0 bridgehead atoms. The summed E-state index contributed by atoms with van der Waals surface area (Å²) in [6, 6.07) is 6.81. The van der Waals surface area contributed by atoms with Gasteiger partial charge in [-0.2, -0.15) is 9.57 Å². The van der Waals surface area contributed by atoms with Crippen molar-refractivity contribution in [2.24, 2.45) is 0 Å². The maximum atomic E-state index is 14.3. The van der Waals surface area contributed by atoms with Crippen molar-refractivity contribution in [3.05, 3.63) is 58.1 Å². The summed E-state index contributed by atoms with van der Waals surface area (Å²) in [6.45, 7) is 3.56. The quantitative estimate of drug-likeness (QED) is 0.752. The number of hydrogen-bond donors (Lipinski definition) is 0. The topological polar surface area (TPSA) is 74.1 Å². The Morgan fingerprint density at radius 1 is 1.46 bits per heavy atom. The molecule has 2 rings (SSSR count). The molecular weight excluding hydrogens is 397 g/mol. The van der Waals surface area contributed by atoms with Crippen LogP contribution >= 0.6 is 15.9 Å². The van der Waals surface area contributed by atoms with Crippen LogP contribution in [0.2, 0.25) is 0 Å². The van der Waals surface area contributed by atoms with Crippen molar-refractivity contribution in [2.75, 3.05) is 6.54 Å². The number of halogens is 2. The van der Waals surface area contributed by atoms with Gasteiger partial charge >= 0.3 is 0 Å². The number of hydrogen-bond acceptors (Lipinski definition) is 4. The Labute approximate surface area is 148 Å². The van der Waals surface area contributed by atoms with E-state index < -0.39 is 26.8 Å². The van der Waals surface area contributed by atoms with E-state index in [9.17, 15) is 12.8 Å². The highest BCUT2D eigenvalue weighted by Crippen LogP contribution is 2.31. The molecule has 0 saturated carbocycles. The van der Waals surface area contributed by atoms with E-state index in [2.05, 4.69) is 20.9 Å². The predicted octanol–water partition coefficient (Wildman–Crippen LogP) is 3.63. The molecular formula is C16H15BrFN3O2S. The maximum Gasteiger partial charge on any atom is 0.246 e. The van der Waals surface area contributed by atoms with Crippen LogP contribution in [0.25, 0.3) is 0 Å². The van der Waals surface area contributed by atoms with Crippen LogP contribution in [0.5, 0.6) is 0 Å². The average molecular weight is 412 g/mol. The fourth-order valence-electron chi connectivity index (χ4n) is 2.38. The second-order valence-electron chi connectivity index (χ2n) is 5.04. The molecule has 0 amide bonds. The number of nitrogens with zero attached hydrogens (tertiary/aromatic N) is 3. The van der Waals surface area contributed by atoms with Crippen molar-refractivity contribution in [1.29, 1.82) is 5.26 Å². The maximum absolute atomic E-state index is 14.3. The average Bonchev–Trinajstić information content (AvgIpc) is 2.57. The molecule has 0 spiro atoms. The highest BCUT2D eigenvalue weighted by molar-refractivity contribution is 9.10. The van der Waals surface area contributed by atoms with Gasteiger partial charge in [0.25, 0.3) is 0 Å². The molecule has 8 heteroatoms. The first-order valence-corrected chi connectivity index (χ1v) is 9.37. The highest BCUT2D eigenvalue weighted by atomic mass is 79.9. The van der Waals surface area contributed by atoms with Gasteiger partial charge in [-0.05, 0) is 46.6 Å². The summed E-state index contributed by atoms with van der Waals surface area (Å²) in [4.78, 5) is 3.53. The van der Waals surface area contributed by atoms with Gasteiger partial charge in [0.05, 0.1) is 5.56 Å². The van der Waals surface area contributed by atoms with Gasteiger partial charge in [0.1, 0.15) is 16.8 Å². The molecule has 1 heterocycles. The van der Waals surface area contributed by atoms with Crippen molar-refractivity contribution in [3.8, 4) is 6.07 Å². The monoisotopic (exact) mass is 411 g/mol. The molecule has 5 nitrogen and oxygen atoms in total. The molecule has 0 aliphatic heterocycles. The van der Waals surface area contributed by atoms with Crippen LogP contribution in [0, 0.1) is 17.1 Å². The van der Waals surface area contributed by atoms with Gasteiger partial charge in [0, 0.05) is 29.5 Å². The van der Waals surface area contributed by atoms with Gasteiger partial charge in [-0.1, -0.05) is 13.0 Å². The molecule has 0 aliphatic rings. The Hall–Kier alpha value is -1.82. The van der Waals surface area contributed by atoms with Crippen molar-refractivity contribution < 1.29 is 12.8 Å². The summed E-state index contributed by atoms with van der Waals surface area (Å²) < 4.78 is 41.5. The summed E-state index contributed by atoms with van der Waals surface area (Å²) >= 11 is 3.10. The van der Waals surface area contributed by atoms with E-state index in [0.29, 0.717) is 5.56 Å². The molecule has 0 fully saturated rings. The molecule has 2 aromatic rings. The highest BCUT2D eigenvalue weighted by Gasteiger charge is 2.31. The molecule has 0 saturated heterocycles. The van der Waals surface area contributed by atoms with Gasteiger partial charge < -0.3 is 0 Å². The van der Waals surface area contributed by atoms with Crippen molar-refractivity contribution in [2.45, 2.75) is 24.8 Å². The fourth-order valence-corrected chi connectivity index (χ4v) is 4.67. The zero-order valence-corrected chi connectivity index (χ0v) is 15.5. The van der Waals surface area contributed by atoms with Crippen molar-refractivity contribution in [1.82, 2.24) is 9.29 Å². The van der Waals surface area contributed by atoms with E-state index in [-0.39, 0.29) is 16.6 Å². The fraction of sp³-hybridized carbons (Fsp3) is 0.250. The molecule has 1 unspecified atom stereocenters. The molecule has 24 heavy (non-hydrogen) atoms. The molecule has 1 aromatic heterocycles. The minimum Gasteiger partial charge on any atom is -0.264 e. The molecule has 0 N–H and O–H groups in total. The minimum absolute atomic E-state index is 0.0369. The Bertz CT molecular complexity index is 882. The third kappa shape index (κ3) is 3.48. The summed E-state index contributed by atoms with van der Waals surface area (Å²) in [5.74, 6) is -0.952. The molecule has 126 valence electrons. The van der Waals surface area contributed by atoms with Crippen LogP contribution in [0.15, 0.2) is 46.0 Å². The summed E-state index contributed by atoms with van der Waals surface area (Å²) in [6.07, 6.45) is 3.17. The first-order chi connectivity index (χ1) is 11.3. The summed E-state index contributed by atoms with van der Waals surface area (Å²) in [5.41, 5.74) is 0.742. The van der Waals surface area contributed by atoms with E-state index in [0.717, 1.165) is 12.1 Å². The van der Waals surface area contributed by atoms with Gasteiger partial charge in [-0.25, -0.2) is 12.8 Å². The lowest BCUT2D eigenvalue weighted by Gasteiger charge is -2.27. The molecule has 0 radical (unpaired) electrons. The zero-order valence-electron chi connectivity index (χ0n) is 13.1. The summed E-state index contributed by atoms with van der Waals surface area (Å²) in [7, 11) is -4.09. The van der Waals surface area contributed by atoms with Crippen LogP contribution in [0.3, 0.4) is 0 Å². The summed E-state index contributed by atoms with van der Waals surface area (Å²) in [5, 5.41) is 8.92. The minimum atomic E-state index is -4.09. The molecule has 1 aromatic carbocycles. The van der Waals surface area contributed by atoms with E-state index in [1.165, 1.54) is 4.31 Å². The Balaban J connectivity index is 2.52. The number of nitriles is 1. The first-order valence-electron chi connectivity index (χ1n) is 7.13. The standard InChI is InChI=1S/C16H15BrFN3O2S/c1-3-21(11(2)12-5-4-6-20-10-12)24(22,23)16-8-14(17)13(9-19)7-15(16)18/h4-8,10-11H,3H2,1-2H3. The number of sulfonamides is 1. The van der Waals surface area contributed by atoms with Crippen molar-refractivity contribution >= 4 is 26.0 Å². The van der Waals surface area contributed by atoms with Crippen molar-refractivity contribution in [3.63, 3.8) is 0 Å². The van der Waals surface area contributed by atoms with Gasteiger partial charge in [0.15, 0.2) is 0 Å². The van der Waals surface area contributed by atoms with E-state index in [1.807, 2.05) is 0 Å². The second-order valence-corrected chi connectivity index (χ2v) is 7.76. The van der Waals surface area contributed by atoms with Crippen LogP contribution in [-0.2, 0) is 10.0 Å². The lowest BCUT2D eigenvalue weighted by Crippen LogP contribution is -2.34. The van der Waals surface area contributed by atoms with E-state index in [4.69, 9.17) is 5.26 Å². The third-order valence-electron chi connectivity index (χ3n) is 3.64. The normalized spacial score (nSPS) is 12.8. The number of pyridine rings is 1. The second kappa shape index (κ2) is 7.38. The molecule has 1 atom stereocenters. The van der Waals surface area contributed by atoms with Gasteiger partial charge in [0.2, 0.25) is 10.0 Å².